The number of hydrogen-bond acceptors (Lipinski definition) is 4. The predicted octanol–water partition coefficient (Wildman–Crippen LogP) is 5.00. The van der Waals surface area contributed by atoms with Crippen LogP contribution in [0.4, 0.5) is 11.4 Å². The number of anilines is 2. The first-order chi connectivity index (χ1) is 11.1. The zero-order valence-electron chi connectivity index (χ0n) is 12.8. The number of fused-ring (bicyclic) bond motifs is 1. The van der Waals surface area contributed by atoms with Crippen molar-refractivity contribution >= 4 is 40.3 Å². The highest BCUT2D eigenvalue weighted by Crippen LogP contribution is 2.42. The quantitative estimate of drug-likeness (QED) is 0.459. The molecule has 114 valence electrons. The van der Waals surface area contributed by atoms with Gasteiger partial charge < -0.3 is 10.6 Å². The van der Waals surface area contributed by atoms with Gasteiger partial charge in [-0.15, -0.1) is 0 Å². The largest absolute Gasteiger partial charge is 0.348 e. The zero-order chi connectivity index (χ0) is 16.4. The van der Waals surface area contributed by atoms with Gasteiger partial charge in [0.25, 0.3) is 0 Å². The van der Waals surface area contributed by atoms with Gasteiger partial charge in [0.1, 0.15) is 16.6 Å². The molecule has 0 unspecified atom stereocenters. The number of nitriles is 1. The van der Waals surface area contributed by atoms with E-state index in [0.29, 0.717) is 10.6 Å². The van der Waals surface area contributed by atoms with E-state index in [-0.39, 0.29) is 0 Å². The van der Waals surface area contributed by atoms with Gasteiger partial charge in [-0.25, -0.2) is 0 Å². The molecule has 0 saturated heterocycles. The van der Waals surface area contributed by atoms with Crippen molar-refractivity contribution in [1.29, 1.82) is 5.26 Å². The first kappa shape index (κ1) is 15.6. The summed E-state index contributed by atoms with van der Waals surface area (Å²) in [5.41, 5.74) is 4.69. The van der Waals surface area contributed by atoms with Crippen molar-refractivity contribution in [2.45, 2.75) is 18.7 Å². The van der Waals surface area contributed by atoms with Gasteiger partial charge >= 0.3 is 0 Å². The lowest BCUT2D eigenvalue weighted by Crippen LogP contribution is -2.14. The van der Waals surface area contributed by atoms with Gasteiger partial charge in [-0.2, -0.15) is 5.26 Å². The number of thiocarbonyl (C=S) groups is 1. The third-order valence-corrected chi connectivity index (χ3v) is 4.94. The van der Waals surface area contributed by atoms with Crippen LogP contribution in [0.2, 0.25) is 0 Å². The minimum absolute atomic E-state index is 0.433. The fourth-order valence-corrected chi connectivity index (χ4v) is 3.70. The topological polar surface area (TPSA) is 47.9 Å². The maximum atomic E-state index is 9.54. The van der Waals surface area contributed by atoms with E-state index < -0.39 is 0 Å². The summed E-state index contributed by atoms with van der Waals surface area (Å²) in [4.78, 5) is 1.53. The second-order valence-electron chi connectivity index (χ2n) is 5.31. The van der Waals surface area contributed by atoms with E-state index in [1.165, 1.54) is 17.3 Å². The molecule has 3 rings (SSSR count). The summed E-state index contributed by atoms with van der Waals surface area (Å²) < 4.78 is 0. The molecule has 1 aliphatic rings. The lowest BCUT2D eigenvalue weighted by atomic mass is 10.1. The molecule has 0 atom stereocenters. The maximum Gasteiger partial charge on any atom is 0.124 e. The average molecular weight is 337 g/mol. The monoisotopic (exact) mass is 337 g/mol. The molecule has 1 heterocycles. The number of rotatable bonds is 2. The Morgan fingerprint density at radius 1 is 1.22 bits per heavy atom. The summed E-state index contributed by atoms with van der Waals surface area (Å²) in [6.07, 6.45) is 0. The van der Waals surface area contributed by atoms with Crippen LogP contribution >= 0.6 is 24.0 Å². The Bertz CT molecular complexity index is 836. The van der Waals surface area contributed by atoms with E-state index in [9.17, 15) is 5.26 Å². The lowest BCUT2D eigenvalue weighted by molar-refractivity contribution is 1.38. The van der Waals surface area contributed by atoms with Gasteiger partial charge in [-0.1, -0.05) is 53.8 Å². The number of para-hydroxylation sites is 1. The molecule has 5 heteroatoms. The molecule has 0 spiro atoms. The van der Waals surface area contributed by atoms with Gasteiger partial charge in [0.15, 0.2) is 0 Å². The summed E-state index contributed by atoms with van der Waals surface area (Å²) >= 11 is 6.98. The molecule has 23 heavy (non-hydrogen) atoms. The van der Waals surface area contributed by atoms with E-state index in [1.54, 1.807) is 0 Å². The molecule has 0 aromatic heterocycles. The van der Waals surface area contributed by atoms with Crippen LogP contribution in [0.15, 0.2) is 58.0 Å². The van der Waals surface area contributed by atoms with Gasteiger partial charge in [-0.3, -0.25) is 0 Å². The molecule has 0 radical (unpaired) electrons. The van der Waals surface area contributed by atoms with E-state index >= 15 is 0 Å². The summed E-state index contributed by atoms with van der Waals surface area (Å²) in [5, 5.41) is 16.8. The van der Waals surface area contributed by atoms with Crippen molar-refractivity contribution in [2.24, 2.45) is 0 Å². The standard InChI is InChI=1S/C18H15N3S2/c1-11-7-8-14(12(2)9-11)20-17(22)13(10-19)18-21-15-5-3-4-6-16(15)23-18/h3-9,21H,1-2H3,(H,20,22)/b18-13+. The molecule has 0 fully saturated rings. The summed E-state index contributed by atoms with van der Waals surface area (Å²) in [6, 6.07) is 16.3. The Balaban J connectivity index is 1.86. The first-order valence-corrected chi connectivity index (χ1v) is 8.38. The Morgan fingerprint density at radius 3 is 2.70 bits per heavy atom. The molecule has 0 saturated carbocycles. The highest BCUT2D eigenvalue weighted by Gasteiger charge is 2.21. The fraction of sp³-hybridized carbons (Fsp3) is 0.111. The smallest absolute Gasteiger partial charge is 0.124 e. The van der Waals surface area contributed by atoms with E-state index in [0.717, 1.165) is 26.9 Å². The van der Waals surface area contributed by atoms with Gasteiger partial charge in [0.2, 0.25) is 0 Å². The van der Waals surface area contributed by atoms with Crippen molar-refractivity contribution < 1.29 is 0 Å². The third kappa shape index (κ3) is 3.24. The van der Waals surface area contributed by atoms with Crippen LogP contribution in [0.5, 0.6) is 0 Å². The Hall–Kier alpha value is -2.29. The fourth-order valence-electron chi connectivity index (χ4n) is 2.37. The molecule has 2 aromatic carbocycles. The van der Waals surface area contributed by atoms with Crippen LogP contribution in [0.25, 0.3) is 0 Å². The number of hydrogen-bond donors (Lipinski definition) is 2. The van der Waals surface area contributed by atoms with E-state index in [1.807, 2.05) is 50.2 Å². The molecular formula is C18H15N3S2. The van der Waals surface area contributed by atoms with Gasteiger partial charge in [0, 0.05) is 10.6 Å². The highest BCUT2D eigenvalue weighted by molar-refractivity contribution is 8.03. The van der Waals surface area contributed by atoms with E-state index in [4.69, 9.17) is 12.2 Å². The van der Waals surface area contributed by atoms with Crippen molar-refractivity contribution in [2.75, 3.05) is 10.6 Å². The van der Waals surface area contributed by atoms with Crippen LogP contribution in [0.3, 0.4) is 0 Å². The zero-order valence-corrected chi connectivity index (χ0v) is 14.4. The second kappa shape index (κ2) is 6.45. The molecule has 2 aromatic rings. The predicted molar refractivity (Wildman–Crippen MR) is 101 cm³/mol. The van der Waals surface area contributed by atoms with E-state index in [2.05, 4.69) is 22.8 Å². The van der Waals surface area contributed by atoms with Crippen molar-refractivity contribution in [3.05, 3.63) is 64.2 Å². The highest BCUT2D eigenvalue weighted by atomic mass is 32.2. The normalized spacial score (nSPS) is 14.5. The van der Waals surface area contributed by atoms with Gasteiger partial charge in [0.05, 0.1) is 10.7 Å². The minimum atomic E-state index is 0.433. The molecular weight excluding hydrogens is 322 g/mol. The van der Waals surface area contributed by atoms with Crippen molar-refractivity contribution in [3.8, 4) is 6.07 Å². The van der Waals surface area contributed by atoms with Crippen LogP contribution in [-0.4, -0.2) is 4.99 Å². The van der Waals surface area contributed by atoms with Crippen molar-refractivity contribution in [3.63, 3.8) is 0 Å². The molecule has 0 aliphatic carbocycles. The lowest BCUT2D eigenvalue weighted by Gasteiger charge is -2.12. The first-order valence-electron chi connectivity index (χ1n) is 7.15. The summed E-state index contributed by atoms with van der Waals surface area (Å²) in [5.74, 6) is 0. The molecule has 1 aliphatic heterocycles. The number of nitrogens with one attached hydrogen (secondary N) is 2. The number of benzene rings is 2. The third-order valence-electron chi connectivity index (χ3n) is 3.54. The van der Waals surface area contributed by atoms with Crippen LogP contribution < -0.4 is 10.6 Å². The van der Waals surface area contributed by atoms with Crippen molar-refractivity contribution in [1.82, 2.24) is 0 Å². The van der Waals surface area contributed by atoms with Crippen LogP contribution in [-0.2, 0) is 0 Å². The number of aryl methyl sites for hydroxylation is 2. The maximum absolute atomic E-state index is 9.54. The molecule has 3 nitrogen and oxygen atoms in total. The average Bonchev–Trinajstić information content (AvgIpc) is 2.94. The number of thioether (sulfide) groups is 1. The second-order valence-corrected chi connectivity index (χ2v) is 6.77. The minimum Gasteiger partial charge on any atom is -0.348 e. The van der Waals surface area contributed by atoms with Gasteiger partial charge in [-0.05, 0) is 37.6 Å². The molecule has 2 N–H and O–H groups in total. The van der Waals surface area contributed by atoms with Crippen LogP contribution in [0.1, 0.15) is 11.1 Å². The SMILES string of the molecule is Cc1ccc(NC(=S)/C(C#N)=C2\Nc3ccccc3S2)c(C)c1. The Kier molecular flexibility index (Phi) is 4.37. The number of nitrogens with zero attached hydrogens (tertiary/aromatic N) is 1. The Morgan fingerprint density at radius 2 is 2.00 bits per heavy atom. The molecule has 0 bridgehead atoms. The van der Waals surface area contributed by atoms with Crippen LogP contribution in [0, 0.1) is 25.2 Å². The summed E-state index contributed by atoms with van der Waals surface area (Å²) in [7, 11) is 0. The molecule has 0 amide bonds. The summed E-state index contributed by atoms with van der Waals surface area (Å²) in [6.45, 7) is 4.07. The Labute approximate surface area is 145 Å².